The molecule has 4 aromatic rings. The Morgan fingerprint density at radius 3 is 2.50 bits per heavy atom. The summed E-state index contributed by atoms with van der Waals surface area (Å²) in [5, 5.41) is 4.93. The Bertz CT molecular complexity index is 1390. The minimum absolute atomic E-state index is 0.0729. The van der Waals surface area contributed by atoms with E-state index in [2.05, 4.69) is 10.1 Å². The maximum absolute atomic E-state index is 13.4. The number of nitrogen functional groups attached to an aromatic ring is 1. The van der Waals surface area contributed by atoms with Crippen LogP contribution in [0.5, 0.6) is 0 Å². The minimum atomic E-state index is -0.858. The van der Waals surface area contributed by atoms with Crippen LogP contribution in [0, 0.1) is 5.82 Å². The molecule has 0 aliphatic carbocycles. The fourth-order valence-corrected chi connectivity index (χ4v) is 4.67. The van der Waals surface area contributed by atoms with Gasteiger partial charge in [-0.25, -0.2) is 9.37 Å². The van der Waals surface area contributed by atoms with Crippen LogP contribution in [0.2, 0.25) is 10.0 Å². The number of carbonyl (C=O) groups is 2. The van der Waals surface area contributed by atoms with Crippen LogP contribution in [0.15, 0.2) is 53.1 Å². The van der Waals surface area contributed by atoms with Crippen molar-refractivity contribution in [2.75, 3.05) is 10.6 Å². The molecular formula is C22H16Cl2FN5O3S. The van der Waals surface area contributed by atoms with Gasteiger partial charge in [0.1, 0.15) is 28.2 Å². The van der Waals surface area contributed by atoms with Crippen molar-refractivity contribution in [3.05, 3.63) is 75.0 Å². The van der Waals surface area contributed by atoms with Gasteiger partial charge in [0.15, 0.2) is 5.13 Å². The summed E-state index contributed by atoms with van der Waals surface area (Å²) < 4.78 is 18.7. The number of hydrogen-bond donors (Lipinski definition) is 2. The summed E-state index contributed by atoms with van der Waals surface area (Å²) in [6.45, 7) is 1.56. The molecule has 174 valence electrons. The smallest absolute Gasteiger partial charge is 0.244 e. The number of halogens is 3. The van der Waals surface area contributed by atoms with E-state index in [1.165, 1.54) is 35.2 Å². The van der Waals surface area contributed by atoms with Gasteiger partial charge in [-0.1, -0.05) is 39.7 Å². The number of rotatable bonds is 7. The Morgan fingerprint density at radius 1 is 1.15 bits per heavy atom. The number of benzene rings is 2. The van der Waals surface area contributed by atoms with Crippen LogP contribution in [0.4, 0.5) is 21.0 Å². The molecule has 2 heterocycles. The maximum Gasteiger partial charge on any atom is 0.244 e. The normalized spacial score (nSPS) is 11.9. The third-order valence-corrected chi connectivity index (χ3v) is 6.52. The van der Waals surface area contributed by atoms with Gasteiger partial charge in [0.05, 0.1) is 5.02 Å². The molecule has 12 heteroatoms. The lowest BCUT2D eigenvalue weighted by molar-refractivity contribution is -0.118. The van der Waals surface area contributed by atoms with E-state index in [4.69, 9.17) is 39.2 Å². The molecule has 4 N–H and O–H groups in total. The summed E-state index contributed by atoms with van der Waals surface area (Å²) in [7, 11) is 0. The number of amides is 1. The van der Waals surface area contributed by atoms with Crippen LogP contribution in [0.25, 0.3) is 11.3 Å². The molecule has 4 rings (SSSR count). The third kappa shape index (κ3) is 4.60. The number of carbonyl (C=O) groups excluding carboxylic acids is 2. The summed E-state index contributed by atoms with van der Waals surface area (Å²) in [6.07, 6.45) is 0. The number of thiazole rings is 1. The van der Waals surface area contributed by atoms with E-state index in [-0.39, 0.29) is 21.6 Å². The van der Waals surface area contributed by atoms with Crippen molar-refractivity contribution in [2.24, 2.45) is 5.73 Å². The summed E-state index contributed by atoms with van der Waals surface area (Å²) in [4.78, 5) is 30.8. The fourth-order valence-electron chi connectivity index (χ4n) is 3.13. The van der Waals surface area contributed by atoms with Crippen molar-refractivity contribution in [2.45, 2.75) is 13.0 Å². The zero-order chi connectivity index (χ0) is 24.6. The zero-order valence-electron chi connectivity index (χ0n) is 17.5. The van der Waals surface area contributed by atoms with Crippen molar-refractivity contribution in [3.8, 4) is 11.3 Å². The van der Waals surface area contributed by atoms with Crippen molar-refractivity contribution < 1.29 is 18.5 Å². The highest BCUT2D eigenvalue weighted by Crippen LogP contribution is 2.37. The minimum Gasteiger partial charge on any atom is -0.382 e. The highest BCUT2D eigenvalue weighted by molar-refractivity contribution is 7.18. The van der Waals surface area contributed by atoms with Crippen LogP contribution in [0.3, 0.4) is 0 Å². The molecule has 0 saturated carbocycles. The van der Waals surface area contributed by atoms with Crippen LogP contribution in [-0.4, -0.2) is 27.9 Å². The van der Waals surface area contributed by atoms with E-state index < -0.39 is 23.5 Å². The fraction of sp³-hybridized carbons (Fsp3) is 0.0909. The molecule has 2 aromatic heterocycles. The number of primary amides is 1. The predicted molar refractivity (Wildman–Crippen MR) is 129 cm³/mol. The maximum atomic E-state index is 13.4. The molecule has 0 spiro atoms. The van der Waals surface area contributed by atoms with Gasteiger partial charge < -0.3 is 20.9 Å². The summed E-state index contributed by atoms with van der Waals surface area (Å²) in [6, 6.07) is 10.8. The molecule has 0 fully saturated rings. The Morgan fingerprint density at radius 2 is 1.85 bits per heavy atom. The predicted octanol–water partition coefficient (Wildman–Crippen LogP) is 5.07. The van der Waals surface area contributed by atoms with E-state index in [0.29, 0.717) is 27.0 Å². The molecule has 0 bridgehead atoms. The van der Waals surface area contributed by atoms with Crippen LogP contribution >= 0.6 is 34.5 Å². The number of anilines is 3. The number of ketones is 1. The molecule has 0 unspecified atom stereocenters. The molecule has 34 heavy (non-hydrogen) atoms. The van der Waals surface area contributed by atoms with Gasteiger partial charge in [0.2, 0.25) is 17.5 Å². The highest BCUT2D eigenvalue weighted by atomic mass is 35.5. The monoisotopic (exact) mass is 519 g/mol. The van der Waals surface area contributed by atoms with Crippen LogP contribution in [0.1, 0.15) is 22.4 Å². The second-order valence-electron chi connectivity index (χ2n) is 7.17. The average molecular weight is 520 g/mol. The molecule has 0 radical (unpaired) electrons. The largest absolute Gasteiger partial charge is 0.382 e. The topological polar surface area (TPSA) is 128 Å². The van der Waals surface area contributed by atoms with Gasteiger partial charge >= 0.3 is 0 Å². The Hall–Kier alpha value is -3.47. The van der Waals surface area contributed by atoms with Crippen molar-refractivity contribution in [1.29, 1.82) is 0 Å². The van der Waals surface area contributed by atoms with Gasteiger partial charge in [0, 0.05) is 22.3 Å². The Labute approximate surface area is 206 Å². The molecule has 1 atom stereocenters. The van der Waals surface area contributed by atoms with Crippen LogP contribution < -0.4 is 16.4 Å². The quantitative estimate of drug-likeness (QED) is 0.326. The van der Waals surface area contributed by atoms with E-state index in [9.17, 15) is 14.0 Å². The van der Waals surface area contributed by atoms with Crippen molar-refractivity contribution >= 4 is 62.9 Å². The number of nitrogens with zero attached hydrogens (tertiary/aromatic N) is 3. The average Bonchev–Trinajstić information content (AvgIpc) is 3.42. The van der Waals surface area contributed by atoms with E-state index in [1.54, 1.807) is 25.1 Å². The summed E-state index contributed by atoms with van der Waals surface area (Å²) >= 11 is 13.1. The standard InChI is InChI=1S/C22H16Cl2FN5O3S/c1-10(21(27)32)30(13-5-3-12(25)4-6-13)22-28-20(26)19(34-22)18(31)17-9-16(29-33-17)14-7-2-11(23)8-15(14)24/h2-10H,26H2,1H3,(H2,27,32)/t10-/m1/s1. The van der Waals surface area contributed by atoms with Crippen molar-refractivity contribution in [1.82, 2.24) is 10.1 Å². The summed E-state index contributed by atoms with van der Waals surface area (Å²) in [5.41, 5.74) is 12.8. The number of nitrogens with two attached hydrogens (primary N) is 2. The third-order valence-electron chi connectivity index (χ3n) is 4.90. The van der Waals surface area contributed by atoms with Gasteiger partial charge in [0.25, 0.3) is 0 Å². The number of hydrogen-bond acceptors (Lipinski definition) is 8. The second kappa shape index (κ2) is 9.41. The molecule has 0 aliphatic heterocycles. The lowest BCUT2D eigenvalue weighted by Crippen LogP contribution is -2.39. The van der Waals surface area contributed by atoms with Gasteiger partial charge in [-0.15, -0.1) is 0 Å². The number of aromatic nitrogens is 2. The van der Waals surface area contributed by atoms with Gasteiger partial charge in [-0.3, -0.25) is 9.59 Å². The molecule has 2 aromatic carbocycles. The molecule has 0 aliphatic rings. The SMILES string of the molecule is C[C@H](C(N)=O)N(c1ccc(F)cc1)c1nc(N)c(C(=O)c2cc(-c3ccc(Cl)cc3Cl)no2)s1. The lowest BCUT2D eigenvalue weighted by atomic mass is 10.1. The van der Waals surface area contributed by atoms with Gasteiger partial charge in [-0.05, 0) is 49.4 Å². The van der Waals surface area contributed by atoms with Gasteiger partial charge in [-0.2, -0.15) is 0 Å². The zero-order valence-corrected chi connectivity index (χ0v) is 19.8. The first-order valence-corrected chi connectivity index (χ1v) is 11.3. The molecule has 0 saturated heterocycles. The first-order valence-electron chi connectivity index (χ1n) is 9.73. The first kappa shape index (κ1) is 23.7. The van der Waals surface area contributed by atoms with Crippen LogP contribution in [-0.2, 0) is 4.79 Å². The van der Waals surface area contributed by atoms with E-state index in [0.717, 1.165) is 11.3 Å². The second-order valence-corrected chi connectivity index (χ2v) is 8.99. The van der Waals surface area contributed by atoms with Crippen molar-refractivity contribution in [3.63, 3.8) is 0 Å². The Balaban J connectivity index is 1.69. The van der Waals surface area contributed by atoms with E-state index in [1.807, 2.05) is 0 Å². The Kier molecular flexibility index (Phi) is 6.56. The molecule has 8 nitrogen and oxygen atoms in total. The molecule has 1 amide bonds. The highest BCUT2D eigenvalue weighted by Gasteiger charge is 2.29. The summed E-state index contributed by atoms with van der Waals surface area (Å²) in [5.74, 6) is -1.82. The lowest BCUT2D eigenvalue weighted by Gasteiger charge is -2.26. The van der Waals surface area contributed by atoms with E-state index >= 15 is 0 Å². The first-order chi connectivity index (χ1) is 16.2. The molecular weight excluding hydrogens is 504 g/mol.